The Morgan fingerprint density at radius 1 is 1.37 bits per heavy atom. The number of hydrogen-bond donors (Lipinski definition) is 4. The van der Waals surface area contributed by atoms with Crippen molar-refractivity contribution in [2.24, 2.45) is 0 Å². The number of nitrogens with one attached hydrogen (secondary N) is 1. The third-order valence-corrected chi connectivity index (χ3v) is 3.02. The molecule has 7 nitrogen and oxygen atoms in total. The number of carboxylic acids is 1. The van der Waals surface area contributed by atoms with Gasteiger partial charge in [0.15, 0.2) is 11.5 Å². The fourth-order valence-electron chi connectivity index (χ4n) is 2.03. The van der Waals surface area contributed by atoms with E-state index in [1.54, 1.807) is 0 Å². The van der Waals surface area contributed by atoms with E-state index in [1.807, 2.05) is 0 Å². The number of rotatable bonds is 4. The Bertz CT molecular complexity index is 517. The molecule has 19 heavy (non-hydrogen) atoms. The van der Waals surface area contributed by atoms with Crippen LogP contribution in [-0.2, 0) is 11.2 Å². The molecule has 0 aliphatic carbocycles. The van der Waals surface area contributed by atoms with Gasteiger partial charge in [-0.15, -0.1) is 0 Å². The van der Waals surface area contributed by atoms with Crippen LogP contribution in [0.1, 0.15) is 5.56 Å². The highest BCUT2D eigenvalue weighted by Gasteiger charge is 2.32. The molecule has 1 fully saturated rings. The van der Waals surface area contributed by atoms with Crippen LogP contribution < -0.4 is 5.32 Å². The third-order valence-electron chi connectivity index (χ3n) is 3.02. The minimum absolute atomic E-state index is 0.0661. The molecule has 4 N–H and O–H groups in total. The van der Waals surface area contributed by atoms with Gasteiger partial charge in [-0.3, -0.25) is 0 Å². The Labute approximate surface area is 109 Å². The monoisotopic (exact) mass is 266 g/mol. The first-order valence-corrected chi connectivity index (χ1v) is 5.77. The zero-order valence-corrected chi connectivity index (χ0v) is 10.0. The second-order valence-electron chi connectivity index (χ2n) is 4.31. The summed E-state index contributed by atoms with van der Waals surface area (Å²) in [6.07, 6.45) is 0.0661. The number of urea groups is 1. The van der Waals surface area contributed by atoms with Gasteiger partial charge >= 0.3 is 12.0 Å². The van der Waals surface area contributed by atoms with Gasteiger partial charge in [0.1, 0.15) is 6.04 Å². The third kappa shape index (κ3) is 2.70. The minimum Gasteiger partial charge on any atom is -0.504 e. The number of carbonyl (C=O) groups is 2. The predicted molar refractivity (Wildman–Crippen MR) is 65.0 cm³/mol. The fraction of sp³-hybridized carbons (Fsp3) is 0.333. The highest BCUT2D eigenvalue weighted by molar-refractivity contribution is 5.84. The van der Waals surface area contributed by atoms with Crippen LogP contribution in [-0.4, -0.2) is 51.4 Å². The van der Waals surface area contributed by atoms with Crippen molar-refractivity contribution in [2.45, 2.75) is 12.5 Å². The van der Waals surface area contributed by atoms with E-state index in [2.05, 4.69) is 5.32 Å². The second-order valence-corrected chi connectivity index (χ2v) is 4.31. The van der Waals surface area contributed by atoms with Crippen LogP contribution >= 0.6 is 0 Å². The average Bonchev–Trinajstić information content (AvgIpc) is 2.76. The molecule has 0 aromatic heterocycles. The maximum Gasteiger partial charge on any atom is 0.326 e. The predicted octanol–water partition coefficient (Wildman–Crippen LogP) is 0.119. The fourth-order valence-corrected chi connectivity index (χ4v) is 2.03. The average molecular weight is 266 g/mol. The quantitative estimate of drug-likeness (QED) is 0.578. The largest absolute Gasteiger partial charge is 0.504 e. The van der Waals surface area contributed by atoms with Crippen molar-refractivity contribution < 1.29 is 24.9 Å². The number of aromatic hydroxyl groups is 2. The number of carbonyl (C=O) groups excluding carboxylic acids is 1. The maximum absolute atomic E-state index is 11.5. The van der Waals surface area contributed by atoms with Crippen molar-refractivity contribution in [1.29, 1.82) is 0 Å². The molecule has 1 aliphatic heterocycles. The van der Waals surface area contributed by atoms with E-state index in [1.165, 1.54) is 23.1 Å². The summed E-state index contributed by atoms with van der Waals surface area (Å²) in [4.78, 5) is 24.0. The van der Waals surface area contributed by atoms with Crippen LogP contribution in [0, 0.1) is 0 Å². The van der Waals surface area contributed by atoms with Crippen LogP contribution in [0.3, 0.4) is 0 Å². The SMILES string of the molecule is O=C(O)C(Cc1ccc(O)c(O)c1)N1CCNC1=O. The molecule has 1 aromatic carbocycles. The lowest BCUT2D eigenvalue weighted by Crippen LogP contribution is -2.44. The van der Waals surface area contributed by atoms with Gasteiger partial charge in [0.2, 0.25) is 0 Å². The summed E-state index contributed by atoms with van der Waals surface area (Å²) in [5, 5.41) is 30.3. The Kier molecular flexibility index (Phi) is 3.46. The Morgan fingerprint density at radius 2 is 2.11 bits per heavy atom. The van der Waals surface area contributed by atoms with E-state index in [0.29, 0.717) is 18.7 Å². The summed E-state index contributed by atoms with van der Waals surface area (Å²) in [6.45, 7) is 0.753. The number of phenols is 2. The smallest absolute Gasteiger partial charge is 0.326 e. The lowest BCUT2D eigenvalue weighted by molar-refractivity contribution is -0.141. The highest BCUT2D eigenvalue weighted by atomic mass is 16.4. The zero-order chi connectivity index (χ0) is 14.0. The van der Waals surface area contributed by atoms with Crippen molar-refractivity contribution in [3.63, 3.8) is 0 Å². The topological polar surface area (TPSA) is 110 Å². The molecule has 1 heterocycles. The summed E-state index contributed by atoms with van der Waals surface area (Å²) in [6, 6.07) is 2.69. The molecule has 7 heteroatoms. The molecule has 1 aliphatic rings. The summed E-state index contributed by atoms with van der Waals surface area (Å²) >= 11 is 0. The van der Waals surface area contributed by atoms with E-state index in [9.17, 15) is 24.9 Å². The van der Waals surface area contributed by atoms with Crippen LogP contribution in [0.15, 0.2) is 18.2 Å². The van der Waals surface area contributed by atoms with Crippen LogP contribution in [0.2, 0.25) is 0 Å². The Balaban J connectivity index is 2.18. The Morgan fingerprint density at radius 3 is 2.63 bits per heavy atom. The lowest BCUT2D eigenvalue weighted by atomic mass is 10.0. The molecular weight excluding hydrogens is 252 g/mol. The number of hydrogen-bond acceptors (Lipinski definition) is 4. The van der Waals surface area contributed by atoms with Crippen molar-refractivity contribution in [2.75, 3.05) is 13.1 Å². The normalized spacial score (nSPS) is 16.2. The van der Waals surface area contributed by atoms with E-state index < -0.39 is 18.0 Å². The standard InChI is InChI=1S/C12H14N2O5/c15-9-2-1-7(6-10(9)16)5-8(11(17)18)14-4-3-13-12(14)19/h1-2,6,8,15-16H,3-5H2,(H,13,19)(H,17,18). The molecule has 2 amide bonds. The van der Waals surface area contributed by atoms with Crippen LogP contribution in [0.25, 0.3) is 0 Å². The number of benzene rings is 1. The lowest BCUT2D eigenvalue weighted by Gasteiger charge is -2.23. The number of phenolic OH excluding ortho intramolecular Hbond substituents is 2. The van der Waals surface area contributed by atoms with E-state index >= 15 is 0 Å². The van der Waals surface area contributed by atoms with Gasteiger partial charge in [0.05, 0.1) is 0 Å². The van der Waals surface area contributed by atoms with Gasteiger partial charge in [0, 0.05) is 19.5 Å². The number of nitrogens with zero attached hydrogens (tertiary/aromatic N) is 1. The molecule has 1 aromatic rings. The molecule has 0 bridgehead atoms. The number of carboxylic acid groups (broad SMARTS) is 1. The van der Waals surface area contributed by atoms with Crippen molar-refractivity contribution in [3.05, 3.63) is 23.8 Å². The first-order valence-electron chi connectivity index (χ1n) is 5.77. The first kappa shape index (κ1) is 13.0. The molecule has 1 saturated heterocycles. The van der Waals surface area contributed by atoms with E-state index in [-0.39, 0.29) is 17.9 Å². The Hall–Kier alpha value is -2.44. The van der Waals surface area contributed by atoms with Crippen molar-refractivity contribution >= 4 is 12.0 Å². The van der Waals surface area contributed by atoms with Crippen LogP contribution in [0.5, 0.6) is 11.5 Å². The van der Waals surface area contributed by atoms with Gasteiger partial charge in [0.25, 0.3) is 0 Å². The first-order chi connectivity index (χ1) is 8.99. The molecule has 1 unspecified atom stereocenters. The van der Waals surface area contributed by atoms with Crippen molar-refractivity contribution in [1.82, 2.24) is 10.2 Å². The van der Waals surface area contributed by atoms with E-state index in [0.717, 1.165) is 0 Å². The highest BCUT2D eigenvalue weighted by Crippen LogP contribution is 2.26. The molecule has 0 spiro atoms. The molecule has 102 valence electrons. The van der Waals surface area contributed by atoms with Gasteiger partial charge < -0.3 is 25.5 Å². The second kappa shape index (κ2) is 5.05. The van der Waals surface area contributed by atoms with Gasteiger partial charge in [-0.2, -0.15) is 0 Å². The number of amides is 2. The minimum atomic E-state index is -1.11. The summed E-state index contributed by atoms with van der Waals surface area (Å²) in [7, 11) is 0. The van der Waals surface area contributed by atoms with Crippen molar-refractivity contribution in [3.8, 4) is 11.5 Å². The van der Waals surface area contributed by atoms with Crippen LogP contribution in [0.4, 0.5) is 4.79 Å². The van der Waals surface area contributed by atoms with E-state index in [4.69, 9.17) is 0 Å². The summed E-state index contributed by atoms with van der Waals surface area (Å²) in [5.41, 5.74) is 0.530. The summed E-state index contributed by atoms with van der Waals surface area (Å²) in [5.74, 6) is -1.69. The van der Waals surface area contributed by atoms with Gasteiger partial charge in [-0.1, -0.05) is 6.07 Å². The summed E-state index contributed by atoms with van der Waals surface area (Å²) < 4.78 is 0. The zero-order valence-electron chi connectivity index (χ0n) is 10.0. The molecule has 1 atom stereocenters. The molecule has 2 rings (SSSR count). The molecular formula is C12H14N2O5. The van der Waals surface area contributed by atoms with Gasteiger partial charge in [-0.05, 0) is 17.7 Å². The maximum atomic E-state index is 11.5. The number of aliphatic carboxylic acids is 1. The van der Waals surface area contributed by atoms with Gasteiger partial charge in [-0.25, -0.2) is 9.59 Å². The molecule has 0 radical (unpaired) electrons. The molecule has 0 saturated carbocycles.